The first kappa shape index (κ1) is 29.8. The quantitative estimate of drug-likeness (QED) is 0.265. The number of carbonyl (C=O) groups excluding carboxylic acids is 1. The molecule has 1 N–H and O–H groups in total. The van der Waals surface area contributed by atoms with Crippen LogP contribution >= 0.6 is 11.3 Å². The Labute approximate surface area is 261 Å². The molecule has 2 saturated carbocycles. The first-order valence-corrected chi connectivity index (χ1v) is 17.0. The molecule has 5 nitrogen and oxygen atoms in total. The summed E-state index contributed by atoms with van der Waals surface area (Å²) in [6.07, 6.45) is 16.1. The lowest BCUT2D eigenvalue weighted by Crippen LogP contribution is -2.48. The van der Waals surface area contributed by atoms with Gasteiger partial charge in [0.1, 0.15) is 11.4 Å². The minimum absolute atomic E-state index is 0.0498. The van der Waals surface area contributed by atoms with E-state index in [1.54, 1.807) is 7.11 Å². The number of ether oxygens (including phenoxy) is 1. The standard InChI is InChI=1S/C37H45N3O2S/c1-6-8-9-30-19-28-20-31(42-5)14-15-32(28)35(40(30)36(41)33-23-43-34(7-2)38-33)27-10-12-29(13-11-27)39-37(4)21-25-16-24(3)17-26(18-25)22-37/h2,10-15,20,23-26,30,35,39H,6,8-9,16-19,21-22H2,1,3-5H3. The summed E-state index contributed by atoms with van der Waals surface area (Å²) in [5.74, 6) is 5.91. The number of anilines is 1. The van der Waals surface area contributed by atoms with Gasteiger partial charge in [-0.1, -0.05) is 44.9 Å². The number of methoxy groups -OCH3 is 1. The number of aromatic nitrogens is 1. The molecule has 2 fully saturated rings. The van der Waals surface area contributed by atoms with Gasteiger partial charge in [-0.05, 0) is 116 Å². The van der Waals surface area contributed by atoms with Crippen LogP contribution in [0, 0.1) is 30.1 Å². The molecular weight excluding hydrogens is 550 g/mol. The number of hydrogen-bond acceptors (Lipinski definition) is 5. The van der Waals surface area contributed by atoms with E-state index in [-0.39, 0.29) is 23.5 Å². The van der Waals surface area contributed by atoms with E-state index in [0.29, 0.717) is 10.7 Å². The van der Waals surface area contributed by atoms with Crippen molar-refractivity contribution in [3.8, 4) is 18.1 Å². The molecule has 3 aromatic rings. The third-order valence-corrected chi connectivity index (χ3v) is 10.8. The maximum Gasteiger partial charge on any atom is 0.274 e. The van der Waals surface area contributed by atoms with Gasteiger partial charge in [0.2, 0.25) is 0 Å². The maximum absolute atomic E-state index is 14.3. The molecule has 0 saturated heterocycles. The van der Waals surface area contributed by atoms with Crippen molar-refractivity contribution < 1.29 is 9.53 Å². The number of benzene rings is 2. The fourth-order valence-electron chi connectivity index (χ4n) is 8.53. The Morgan fingerprint density at radius 2 is 1.91 bits per heavy atom. The molecule has 6 rings (SSSR count). The Balaban J connectivity index is 1.34. The van der Waals surface area contributed by atoms with Gasteiger partial charge in [0.05, 0.1) is 13.2 Å². The van der Waals surface area contributed by atoms with Crippen LogP contribution in [-0.2, 0) is 6.42 Å². The minimum Gasteiger partial charge on any atom is -0.497 e. The number of nitrogens with zero attached hydrogens (tertiary/aromatic N) is 2. The van der Waals surface area contributed by atoms with Crippen molar-refractivity contribution in [3.63, 3.8) is 0 Å². The Bertz CT molecular complexity index is 1470. The molecule has 4 unspecified atom stereocenters. The van der Waals surface area contributed by atoms with E-state index in [2.05, 4.69) is 78.3 Å². The zero-order chi connectivity index (χ0) is 30.1. The molecule has 6 heteroatoms. The predicted molar refractivity (Wildman–Crippen MR) is 176 cm³/mol. The highest BCUT2D eigenvalue weighted by Crippen LogP contribution is 2.48. The van der Waals surface area contributed by atoms with Gasteiger partial charge in [0, 0.05) is 22.6 Å². The lowest BCUT2D eigenvalue weighted by molar-refractivity contribution is 0.0561. The maximum atomic E-state index is 14.3. The summed E-state index contributed by atoms with van der Waals surface area (Å²) in [7, 11) is 1.71. The second-order valence-electron chi connectivity index (χ2n) is 13.6. The highest BCUT2D eigenvalue weighted by molar-refractivity contribution is 7.10. The van der Waals surface area contributed by atoms with Crippen molar-refractivity contribution in [2.45, 2.75) is 96.2 Å². The van der Waals surface area contributed by atoms with Crippen LogP contribution in [0.2, 0.25) is 0 Å². The van der Waals surface area contributed by atoms with Gasteiger partial charge < -0.3 is 15.0 Å². The van der Waals surface area contributed by atoms with Gasteiger partial charge in [-0.2, -0.15) is 0 Å². The highest BCUT2D eigenvalue weighted by Gasteiger charge is 2.42. The van der Waals surface area contributed by atoms with Gasteiger partial charge >= 0.3 is 0 Å². The molecule has 43 heavy (non-hydrogen) atoms. The van der Waals surface area contributed by atoms with Crippen molar-refractivity contribution in [1.82, 2.24) is 9.88 Å². The third-order valence-electron chi connectivity index (χ3n) is 10.0. The number of thiazole rings is 1. The van der Waals surface area contributed by atoms with Crippen molar-refractivity contribution in [2.75, 3.05) is 12.4 Å². The van der Waals surface area contributed by atoms with Crippen LogP contribution in [0.4, 0.5) is 5.69 Å². The summed E-state index contributed by atoms with van der Waals surface area (Å²) < 4.78 is 5.61. The summed E-state index contributed by atoms with van der Waals surface area (Å²) in [6.45, 7) is 7.05. The number of unbranched alkanes of at least 4 members (excludes halogenated alkanes) is 1. The largest absolute Gasteiger partial charge is 0.497 e. The van der Waals surface area contributed by atoms with Crippen LogP contribution in [0.5, 0.6) is 5.75 Å². The van der Waals surface area contributed by atoms with Crippen molar-refractivity contribution in [3.05, 3.63) is 75.2 Å². The monoisotopic (exact) mass is 595 g/mol. The molecule has 2 bridgehead atoms. The summed E-state index contributed by atoms with van der Waals surface area (Å²) in [4.78, 5) is 20.9. The van der Waals surface area contributed by atoms with Gasteiger partial charge in [-0.25, -0.2) is 4.98 Å². The SMILES string of the molecule is C#Cc1nc(C(=O)N2C(CCCC)Cc3cc(OC)ccc3C2c2ccc(NC3(C)CC4CC(C)CC(C4)C3)cc2)cs1. The average molecular weight is 596 g/mol. The molecule has 226 valence electrons. The number of terminal acetylenes is 1. The number of hydrogen-bond donors (Lipinski definition) is 1. The lowest BCUT2D eigenvalue weighted by atomic mass is 9.62. The Hall–Kier alpha value is -3.30. The van der Waals surface area contributed by atoms with Crippen LogP contribution in [0.1, 0.15) is 110 Å². The molecule has 2 aliphatic carbocycles. The van der Waals surface area contributed by atoms with Crippen LogP contribution in [0.15, 0.2) is 47.8 Å². The lowest BCUT2D eigenvalue weighted by Gasteiger charge is -2.48. The highest BCUT2D eigenvalue weighted by atomic mass is 32.1. The summed E-state index contributed by atoms with van der Waals surface area (Å²) in [5, 5.41) is 6.29. The number of fused-ring (bicyclic) bond motifs is 3. The topological polar surface area (TPSA) is 54.5 Å². The Morgan fingerprint density at radius 1 is 1.16 bits per heavy atom. The summed E-state index contributed by atoms with van der Waals surface area (Å²) >= 11 is 1.35. The average Bonchev–Trinajstić information content (AvgIpc) is 3.48. The Kier molecular flexibility index (Phi) is 8.56. The number of carbonyl (C=O) groups is 1. The van der Waals surface area contributed by atoms with Gasteiger partial charge in [-0.15, -0.1) is 17.8 Å². The summed E-state index contributed by atoms with van der Waals surface area (Å²) in [5.41, 5.74) is 5.22. The van der Waals surface area contributed by atoms with E-state index >= 15 is 0 Å². The van der Waals surface area contributed by atoms with E-state index < -0.39 is 0 Å². The fourth-order valence-corrected chi connectivity index (χ4v) is 9.12. The number of nitrogens with one attached hydrogen (secondary N) is 1. The molecule has 1 aliphatic heterocycles. The van der Waals surface area contributed by atoms with Crippen LogP contribution in [0.3, 0.4) is 0 Å². The minimum atomic E-state index is -0.222. The van der Waals surface area contributed by atoms with Crippen LogP contribution in [-0.4, -0.2) is 34.5 Å². The van der Waals surface area contributed by atoms with Crippen molar-refractivity contribution >= 4 is 22.9 Å². The second-order valence-corrected chi connectivity index (χ2v) is 14.5. The first-order valence-electron chi connectivity index (χ1n) is 16.1. The molecule has 0 radical (unpaired) electrons. The van der Waals surface area contributed by atoms with E-state index in [1.165, 1.54) is 49.0 Å². The second kappa shape index (κ2) is 12.4. The molecule has 1 aromatic heterocycles. The summed E-state index contributed by atoms with van der Waals surface area (Å²) in [6, 6.07) is 15.0. The van der Waals surface area contributed by atoms with E-state index in [0.717, 1.165) is 66.0 Å². The zero-order valence-electron chi connectivity index (χ0n) is 26.1. The predicted octanol–water partition coefficient (Wildman–Crippen LogP) is 8.50. The molecular formula is C37H45N3O2S. The van der Waals surface area contributed by atoms with E-state index in [4.69, 9.17) is 11.2 Å². The normalized spacial score (nSPS) is 28.1. The van der Waals surface area contributed by atoms with Gasteiger partial charge in [0.25, 0.3) is 5.91 Å². The van der Waals surface area contributed by atoms with E-state index in [9.17, 15) is 4.79 Å². The molecule has 4 atom stereocenters. The van der Waals surface area contributed by atoms with E-state index in [1.807, 2.05) is 11.4 Å². The van der Waals surface area contributed by atoms with Crippen LogP contribution < -0.4 is 10.1 Å². The molecule has 2 heterocycles. The van der Waals surface area contributed by atoms with Crippen molar-refractivity contribution in [2.24, 2.45) is 17.8 Å². The number of rotatable bonds is 8. The molecule has 0 spiro atoms. The third kappa shape index (κ3) is 6.20. The van der Waals surface area contributed by atoms with Crippen molar-refractivity contribution in [1.29, 1.82) is 0 Å². The number of amides is 1. The smallest absolute Gasteiger partial charge is 0.274 e. The Morgan fingerprint density at radius 3 is 2.56 bits per heavy atom. The molecule has 2 aromatic carbocycles. The fraction of sp³-hybridized carbons (Fsp3) is 0.514. The van der Waals surface area contributed by atoms with Gasteiger partial charge in [-0.3, -0.25) is 4.79 Å². The molecule has 3 aliphatic rings. The first-order chi connectivity index (χ1) is 20.8. The molecule has 1 amide bonds. The van der Waals surface area contributed by atoms with Crippen LogP contribution in [0.25, 0.3) is 0 Å². The zero-order valence-corrected chi connectivity index (χ0v) is 26.9. The van der Waals surface area contributed by atoms with Gasteiger partial charge in [0.15, 0.2) is 5.01 Å².